The van der Waals surface area contributed by atoms with Crippen LogP contribution in [-0.4, -0.2) is 19.9 Å². The summed E-state index contributed by atoms with van der Waals surface area (Å²) in [7, 11) is 0. The highest BCUT2D eigenvalue weighted by Crippen LogP contribution is 2.51. The Kier molecular flexibility index (Phi) is 7.94. The Balaban J connectivity index is 1.13. The average molecular weight is 813 g/mol. The smallest absolute Gasteiger partial charge is 0.252 e. The number of benzene rings is 7. The normalized spacial score (nSPS) is 14.0. The van der Waals surface area contributed by atoms with E-state index in [1.54, 1.807) is 0 Å². The van der Waals surface area contributed by atoms with Crippen molar-refractivity contribution in [1.82, 2.24) is 0 Å². The predicted octanol–water partition coefficient (Wildman–Crippen LogP) is 12.9. The van der Waals surface area contributed by atoms with Crippen molar-refractivity contribution in [2.24, 2.45) is 0 Å². The van der Waals surface area contributed by atoms with Crippen LogP contribution in [-0.2, 0) is 5.41 Å². The maximum absolute atomic E-state index is 6.62. The van der Waals surface area contributed by atoms with Gasteiger partial charge in [0.2, 0.25) is 0 Å². The zero-order chi connectivity index (χ0) is 40.3. The van der Waals surface area contributed by atoms with E-state index in [1.165, 1.54) is 85.6 Å². The van der Waals surface area contributed by atoms with Crippen molar-refractivity contribution in [1.29, 1.82) is 0 Å². The van der Waals surface area contributed by atoms with E-state index in [9.17, 15) is 0 Å². The van der Waals surface area contributed by atoms with Gasteiger partial charge in [-0.05, 0) is 135 Å². The molecular weight excluding hydrogens is 772 g/mol. The summed E-state index contributed by atoms with van der Waals surface area (Å²) >= 11 is 3.71. The van der Waals surface area contributed by atoms with Gasteiger partial charge in [-0.3, -0.25) is 0 Å². The van der Waals surface area contributed by atoms with E-state index < -0.39 is 0 Å². The van der Waals surface area contributed by atoms with Gasteiger partial charge in [0.1, 0.15) is 13.2 Å². The second kappa shape index (κ2) is 13.4. The summed E-state index contributed by atoms with van der Waals surface area (Å²) in [6.45, 7) is 10.1. The van der Waals surface area contributed by atoms with Crippen LogP contribution < -0.4 is 35.7 Å². The Bertz CT molecular complexity index is 3130. The molecule has 4 nitrogen and oxygen atoms in total. The van der Waals surface area contributed by atoms with Crippen LogP contribution in [0.2, 0.25) is 0 Å². The monoisotopic (exact) mass is 812 g/mol. The number of fused-ring (bicyclic) bond motifs is 8. The molecule has 0 radical (unpaired) electrons. The molecule has 0 saturated carbocycles. The summed E-state index contributed by atoms with van der Waals surface area (Å²) in [5.74, 6) is 1.61. The quantitative estimate of drug-likeness (QED) is 0.165. The van der Waals surface area contributed by atoms with E-state index in [2.05, 4.69) is 189 Å². The van der Waals surface area contributed by atoms with Gasteiger partial charge in [0, 0.05) is 47.6 Å². The van der Waals surface area contributed by atoms with Crippen LogP contribution in [0, 0.1) is 6.92 Å². The number of thiophene rings is 2. The summed E-state index contributed by atoms with van der Waals surface area (Å²) in [6, 6.07) is 56.7. The number of ether oxygens (including phenoxy) is 2. The molecule has 7 heteroatoms. The number of hydrogen-bond acceptors (Lipinski definition) is 6. The minimum atomic E-state index is -0.0417. The molecule has 60 heavy (non-hydrogen) atoms. The number of anilines is 6. The molecule has 12 rings (SSSR count). The highest BCUT2D eigenvalue weighted by Gasteiger charge is 2.45. The van der Waals surface area contributed by atoms with Crippen LogP contribution in [0.25, 0.3) is 41.1 Å². The average Bonchev–Trinajstić information content (AvgIpc) is 3.91. The van der Waals surface area contributed by atoms with Gasteiger partial charge >= 0.3 is 0 Å². The lowest BCUT2D eigenvalue weighted by molar-refractivity contribution is 0.172. The molecule has 0 N–H and O–H groups in total. The second-order valence-electron chi connectivity index (χ2n) is 17.3. The van der Waals surface area contributed by atoms with E-state index in [4.69, 9.17) is 9.47 Å². The molecule has 0 unspecified atom stereocenters. The molecular formula is C53H41BN2O2S2. The van der Waals surface area contributed by atoms with Crippen molar-refractivity contribution in [2.45, 2.75) is 33.1 Å². The van der Waals surface area contributed by atoms with Gasteiger partial charge in [0.25, 0.3) is 6.71 Å². The fourth-order valence-electron chi connectivity index (χ4n) is 9.57. The molecule has 0 saturated heterocycles. The molecule has 290 valence electrons. The molecule has 0 bridgehead atoms. The van der Waals surface area contributed by atoms with Gasteiger partial charge in [0.15, 0.2) is 11.5 Å². The maximum Gasteiger partial charge on any atom is 0.252 e. The summed E-state index contributed by atoms with van der Waals surface area (Å²) in [4.78, 5) is 7.52. The Morgan fingerprint density at radius 2 is 1.20 bits per heavy atom. The molecule has 7 aromatic carbocycles. The molecule has 0 aliphatic carbocycles. The lowest BCUT2D eigenvalue weighted by Gasteiger charge is -2.45. The number of aryl methyl sites for hydroxylation is 1. The van der Waals surface area contributed by atoms with Crippen LogP contribution in [0.3, 0.4) is 0 Å². The van der Waals surface area contributed by atoms with Crippen LogP contribution in [0.1, 0.15) is 31.9 Å². The van der Waals surface area contributed by atoms with Crippen LogP contribution in [0.5, 0.6) is 11.5 Å². The van der Waals surface area contributed by atoms with Crippen molar-refractivity contribution < 1.29 is 9.47 Å². The molecule has 2 aromatic heterocycles. The van der Waals surface area contributed by atoms with E-state index in [-0.39, 0.29) is 12.1 Å². The van der Waals surface area contributed by atoms with E-state index in [0.29, 0.717) is 13.2 Å². The van der Waals surface area contributed by atoms with E-state index >= 15 is 0 Å². The van der Waals surface area contributed by atoms with Crippen molar-refractivity contribution in [3.05, 3.63) is 163 Å². The highest BCUT2D eigenvalue weighted by molar-refractivity contribution is 7.22. The van der Waals surface area contributed by atoms with Gasteiger partial charge in [-0.2, -0.15) is 0 Å². The van der Waals surface area contributed by atoms with E-state index in [1.807, 2.05) is 22.7 Å². The minimum Gasteiger partial charge on any atom is -0.486 e. The Labute approximate surface area is 359 Å². The highest BCUT2D eigenvalue weighted by atomic mass is 32.1. The van der Waals surface area contributed by atoms with Gasteiger partial charge in [0.05, 0.1) is 5.69 Å². The molecule has 3 aliphatic rings. The van der Waals surface area contributed by atoms with Crippen molar-refractivity contribution in [2.75, 3.05) is 23.0 Å². The summed E-state index contributed by atoms with van der Waals surface area (Å²) in [5, 5.41) is 2.55. The summed E-state index contributed by atoms with van der Waals surface area (Å²) in [6.07, 6.45) is 0. The predicted molar refractivity (Wildman–Crippen MR) is 257 cm³/mol. The Hall–Kier alpha value is -6.28. The molecule has 9 aromatic rings. The first kappa shape index (κ1) is 35.7. The maximum atomic E-state index is 6.62. The topological polar surface area (TPSA) is 24.9 Å². The third-order valence-corrected chi connectivity index (χ3v) is 14.7. The van der Waals surface area contributed by atoms with Gasteiger partial charge in [-0.1, -0.05) is 99.6 Å². The van der Waals surface area contributed by atoms with Crippen molar-refractivity contribution in [3.63, 3.8) is 0 Å². The first-order chi connectivity index (χ1) is 29.3. The van der Waals surface area contributed by atoms with Crippen LogP contribution in [0.15, 0.2) is 152 Å². The number of rotatable bonds is 4. The molecule has 0 spiro atoms. The van der Waals surface area contributed by atoms with E-state index in [0.717, 1.165) is 28.6 Å². The minimum absolute atomic E-state index is 0.0331. The molecule has 0 fully saturated rings. The fourth-order valence-corrected chi connectivity index (χ4v) is 11.7. The SMILES string of the molecule is Cc1cc2c3c(c1)N(c1ccc(C(C)(C)C)cc1)c1c(ccc4c1OCCO4)B3c1ccc(-c3cc4ccccc4s3)cc1N2c1cccc(-c2cc3ccccc3s2)c1. The van der Waals surface area contributed by atoms with Crippen LogP contribution >= 0.6 is 22.7 Å². The van der Waals surface area contributed by atoms with Gasteiger partial charge < -0.3 is 19.3 Å². The molecule has 0 amide bonds. The summed E-state index contributed by atoms with van der Waals surface area (Å²) < 4.78 is 15.5. The largest absolute Gasteiger partial charge is 0.486 e. The third-order valence-electron chi connectivity index (χ3n) is 12.4. The van der Waals surface area contributed by atoms with Crippen molar-refractivity contribution in [3.8, 4) is 32.4 Å². The fraction of sp³-hybridized carbons (Fsp3) is 0.132. The zero-order valence-corrected chi connectivity index (χ0v) is 35.6. The second-order valence-corrected chi connectivity index (χ2v) is 19.4. The lowest BCUT2D eigenvalue weighted by atomic mass is 9.33. The number of hydrogen-bond donors (Lipinski definition) is 0. The van der Waals surface area contributed by atoms with Crippen molar-refractivity contribution >= 4 is 100 Å². The number of nitrogens with zero attached hydrogens (tertiary/aromatic N) is 2. The van der Waals surface area contributed by atoms with Gasteiger partial charge in [-0.15, -0.1) is 22.7 Å². The third kappa shape index (κ3) is 5.56. The molecule has 0 atom stereocenters. The standard InChI is InChI=1S/C53H41BN2O2S2/c1-32-26-43-50-44(27-32)56(38-19-17-37(18-20-38)53(2,3)4)51-41(22-23-45-52(51)58-25-24-57-45)54(50)40-21-16-36(49-31-35-11-6-8-15-47(35)60-49)29-42(40)55(43)39-13-9-12-33(28-39)48-30-34-10-5-7-14-46(34)59-48/h5-23,26-31H,24-25H2,1-4H3. The Morgan fingerprint density at radius 3 is 1.90 bits per heavy atom. The molecule has 5 heterocycles. The first-order valence-corrected chi connectivity index (χ1v) is 22.4. The van der Waals surface area contributed by atoms with Gasteiger partial charge in [-0.25, -0.2) is 0 Å². The first-order valence-electron chi connectivity index (χ1n) is 20.8. The lowest BCUT2D eigenvalue weighted by Crippen LogP contribution is -2.61. The van der Waals surface area contributed by atoms with Crippen LogP contribution in [0.4, 0.5) is 34.1 Å². The summed E-state index contributed by atoms with van der Waals surface area (Å²) in [5.41, 5.74) is 15.6. The molecule has 3 aliphatic heterocycles. The Morgan fingerprint density at radius 1 is 0.550 bits per heavy atom. The zero-order valence-electron chi connectivity index (χ0n) is 34.0.